The van der Waals surface area contributed by atoms with Crippen molar-refractivity contribution in [2.24, 2.45) is 0 Å². The maximum Gasteiger partial charge on any atom is 0.326 e. The van der Waals surface area contributed by atoms with Crippen molar-refractivity contribution in [1.29, 1.82) is 0 Å². The second kappa shape index (κ2) is 11.7. The first-order valence-electron chi connectivity index (χ1n) is 10.6. The number of hydrogen-bond donors (Lipinski definition) is 3. The third kappa shape index (κ3) is 5.93. The van der Waals surface area contributed by atoms with Gasteiger partial charge in [-0.3, -0.25) is 9.59 Å². The highest BCUT2D eigenvalue weighted by atomic mass is 35.5. The Hall–Kier alpha value is -1.77. The number of thioether (sulfide) groups is 1. The molecule has 172 valence electrons. The topological polar surface area (TPSA) is 98.7 Å². The Morgan fingerprint density at radius 1 is 1.26 bits per heavy atom. The van der Waals surface area contributed by atoms with Gasteiger partial charge in [0, 0.05) is 13.1 Å². The summed E-state index contributed by atoms with van der Waals surface area (Å²) in [4.78, 5) is 39.7. The van der Waals surface area contributed by atoms with Gasteiger partial charge in [0.25, 0.3) is 0 Å². The van der Waals surface area contributed by atoms with E-state index in [0.717, 1.165) is 24.9 Å². The molecule has 2 aliphatic heterocycles. The van der Waals surface area contributed by atoms with Crippen LogP contribution in [0.3, 0.4) is 0 Å². The number of piperidine rings is 1. The van der Waals surface area contributed by atoms with Gasteiger partial charge in [0.2, 0.25) is 11.8 Å². The summed E-state index contributed by atoms with van der Waals surface area (Å²) in [6, 6.07) is 8.51. The minimum atomic E-state index is -1.01. The number of likely N-dealkylation sites (tertiary alicyclic amines) is 1. The van der Waals surface area contributed by atoms with Crippen molar-refractivity contribution in [2.75, 3.05) is 31.6 Å². The van der Waals surface area contributed by atoms with Crippen molar-refractivity contribution in [1.82, 2.24) is 15.5 Å². The summed E-state index contributed by atoms with van der Waals surface area (Å²) in [7, 11) is 0. The van der Waals surface area contributed by atoms with Gasteiger partial charge in [0.1, 0.15) is 6.04 Å². The number of carbonyl (C=O) groups excluding carboxylic acids is 2. The molecule has 7 nitrogen and oxygen atoms in total. The van der Waals surface area contributed by atoms with E-state index in [0.29, 0.717) is 38.1 Å². The summed E-state index contributed by atoms with van der Waals surface area (Å²) in [5, 5.41) is 15.6. The number of nitrogens with zero attached hydrogens (tertiary/aromatic N) is 1. The van der Waals surface area contributed by atoms with Gasteiger partial charge >= 0.3 is 5.97 Å². The molecule has 2 atom stereocenters. The number of halogens is 1. The summed E-state index contributed by atoms with van der Waals surface area (Å²) < 4.78 is 0. The van der Waals surface area contributed by atoms with Crippen molar-refractivity contribution < 1.29 is 19.5 Å². The van der Waals surface area contributed by atoms with Crippen LogP contribution in [0.1, 0.15) is 37.7 Å². The van der Waals surface area contributed by atoms with Gasteiger partial charge in [-0.2, -0.15) is 11.8 Å². The molecule has 1 aromatic rings. The molecule has 0 spiro atoms. The molecule has 0 radical (unpaired) electrons. The molecular weight excluding hydrogens is 438 g/mol. The number of benzene rings is 1. The average Bonchev–Trinajstić information content (AvgIpc) is 3.31. The molecule has 3 N–H and O–H groups in total. The van der Waals surface area contributed by atoms with E-state index in [1.54, 1.807) is 11.8 Å². The second-order valence-corrected chi connectivity index (χ2v) is 9.05. The highest BCUT2D eigenvalue weighted by molar-refractivity contribution is 7.98. The Bertz CT molecular complexity index is 750. The van der Waals surface area contributed by atoms with Crippen LogP contribution >= 0.6 is 24.2 Å². The molecule has 2 aliphatic rings. The van der Waals surface area contributed by atoms with Crippen molar-refractivity contribution in [2.45, 2.75) is 49.6 Å². The fraction of sp³-hybridized carbons (Fsp3) is 0.591. The molecule has 31 heavy (non-hydrogen) atoms. The predicted octanol–water partition coefficient (Wildman–Crippen LogP) is 2.04. The number of carboxylic acids is 1. The van der Waals surface area contributed by atoms with Crippen LogP contribution in [0.5, 0.6) is 0 Å². The first-order valence-corrected chi connectivity index (χ1v) is 12.0. The van der Waals surface area contributed by atoms with Crippen LogP contribution in [0.2, 0.25) is 0 Å². The van der Waals surface area contributed by atoms with Crippen LogP contribution in [0.15, 0.2) is 30.3 Å². The van der Waals surface area contributed by atoms with E-state index in [2.05, 4.69) is 10.6 Å². The molecule has 9 heteroatoms. The zero-order valence-electron chi connectivity index (χ0n) is 17.8. The smallest absolute Gasteiger partial charge is 0.326 e. The Labute approximate surface area is 194 Å². The highest BCUT2D eigenvalue weighted by Crippen LogP contribution is 2.36. The zero-order chi connectivity index (χ0) is 21.6. The van der Waals surface area contributed by atoms with Gasteiger partial charge in [-0.15, -0.1) is 12.4 Å². The summed E-state index contributed by atoms with van der Waals surface area (Å²) in [5.74, 6) is -0.501. The summed E-state index contributed by atoms with van der Waals surface area (Å²) >= 11 is 1.56. The monoisotopic (exact) mass is 469 g/mol. The Morgan fingerprint density at radius 3 is 2.48 bits per heavy atom. The fourth-order valence-corrected chi connectivity index (χ4v) is 4.89. The van der Waals surface area contributed by atoms with Crippen LogP contribution in [0.25, 0.3) is 0 Å². The maximum absolute atomic E-state index is 13.4. The van der Waals surface area contributed by atoms with Gasteiger partial charge in [-0.25, -0.2) is 4.79 Å². The lowest BCUT2D eigenvalue weighted by Gasteiger charge is -2.42. The molecule has 0 bridgehead atoms. The van der Waals surface area contributed by atoms with E-state index in [1.165, 1.54) is 0 Å². The van der Waals surface area contributed by atoms with Crippen molar-refractivity contribution in [3.8, 4) is 0 Å². The number of aliphatic carboxylic acids is 1. The van der Waals surface area contributed by atoms with E-state index in [1.807, 2.05) is 41.5 Å². The lowest BCUT2D eigenvalue weighted by Crippen LogP contribution is -2.57. The van der Waals surface area contributed by atoms with Gasteiger partial charge in [0.05, 0.1) is 11.5 Å². The zero-order valence-corrected chi connectivity index (χ0v) is 19.5. The van der Waals surface area contributed by atoms with E-state index < -0.39 is 17.4 Å². The number of rotatable bonds is 8. The van der Waals surface area contributed by atoms with Gasteiger partial charge in [-0.1, -0.05) is 30.3 Å². The number of nitrogens with one attached hydrogen (secondary N) is 2. The minimum absolute atomic E-state index is 0. The molecule has 2 saturated heterocycles. The molecule has 0 aliphatic carbocycles. The highest BCUT2D eigenvalue weighted by Gasteiger charge is 2.45. The van der Waals surface area contributed by atoms with Gasteiger partial charge in [0.15, 0.2) is 0 Å². The lowest BCUT2D eigenvalue weighted by atomic mass is 9.71. The van der Waals surface area contributed by atoms with E-state index in [-0.39, 0.29) is 30.3 Å². The fourth-order valence-electron chi connectivity index (χ4n) is 4.42. The summed E-state index contributed by atoms with van der Waals surface area (Å²) in [6.07, 6.45) is 5.12. The van der Waals surface area contributed by atoms with Gasteiger partial charge < -0.3 is 20.6 Å². The number of carboxylic acid groups (broad SMARTS) is 1. The Kier molecular flexibility index (Phi) is 9.65. The van der Waals surface area contributed by atoms with Crippen molar-refractivity contribution >= 4 is 42.0 Å². The molecule has 0 unspecified atom stereocenters. The predicted molar refractivity (Wildman–Crippen MR) is 125 cm³/mol. The van der Waals surface area contributed by atoms with E-state index in [9.17, 15) is 19.5 Å². The average molecular weight is 470 g/mol. The number of hydrogen-bond acceptors (Lipinski definition) is 5. The third-order valence-electron chi connectivity index (χ3n) is 6.26. The molecule has 3 rings (SSSR count). The van der Waals surface area contributed by atoms with E-state index >= 15 is 0 Å². The molecule has 0 aromatic heterocycles. The molecular formula is C22H32ClN3O4S. The second-order valence-electron chi connectivity index (χ2n) is 8.07. The quantitative estimate of drug-likeness (QED) is 0.539. The Balaban J connectivity index is 0.00000341. The lowest BCUT2D eigenvalue weighted by molar-refractivity contribution is -0.144. The summed E-state index contributed by atoms with van der Waals surface area (Å²) in [5.41, 5.74) is 0.0522. The molecule has 0 saturated carbocycles. The van der Waals surface area contributed by atoms with Crippen molar-refractivity contribution in [3.63, 3.8) is 0 Å². The SMILES string of the molecule is CSCC[C@@H](NC(=O)C1(c2ccccc2)CCN(C(=O)[C@@H]2CCCN2)CC1)C(=O)O.Cl. The van der Waals surface area contributed by atoms with Crippen LogP contribution in [-0.4, -0.2) is 71.5 Å². The van der Waals surface area contributed by atoms with Crippen LogP contribution in [-0.2, 0) is 19.8 Å². The van der Waals surface area contributed by atoms with E-state index in [4.69, 9.17) is 0 Å². The van der Waals surface area contributed by atoms with Gasteiger partial charge in [-0.05, 0) is 56.2 Å². The third-order valence-corrected chi connectivity index (χ3v) is 6.91. The first-order chi connectivity index (χ1) is 14.5. The number of carbonyl (C=O) groups is 3. The largest absolute Gasteiger partial charge is 0.480 e. The van der Waals surface area contributed by atoms with Crippen molar-refractivity contribution in [3.05, 3.63) is 35.9 Å². The van der Waals surface area contributed by atoms with Crippen LogP contribution < -0.4 is 10.6 Å². The standard InChI is InChI=1S/C22H31N3O4S.ClH/c1-30-15-9-18(20(27)28)24-21(29)22(16-6-3-2-4-7-16)10-13-25(14-11-22)19(26)17-8-5-12-23-17;/h2-4,6-7,17-18,23H,5,8-15H2,1H3,(H,24,29)(H,27,28);1H/t17-,18+;/m0./s1. The van der Waals surface area contributed by atoms with Crippen LogP contribution in [0, 0.1) is 0 Å². The molecule has 1 aromatic carbocycles. The number of amides is 2. The molecule has 2 heterocycles. The maximum atomic E-state index is 13.4. The molecule has 2 amide bonds. The normalized spacial score (nSPS) is 21.1. The first kappa shape index (κ1) is 25.5. The van der Waals surface area contributed by atoms with Crippen LogP contribution in [0.4, 0.5) is 0 Å². The summed E-state index contributed by atoms with van der Waals surface area (Å²) in [6.45, 7) is 1.84. The Morgan fingerprint density at radius 2 is 1.94 bits per heavy atom. The molecule has 2 fully saturated rings. The minimum Gasteiger partial charge on any atom is -0.480 e.